The van der Waals surface area contributed by atoms with Crippen molar-refractivity contribution >= 4 is 12.1 Å². The van der Waals surface area contributed by atoms with Gasteiger partial charge in [-0.2, -0.15) is 18.3 Å². The molecule has 10 heteroatoms. The first-order chi connectivity index (χ1) is 15.7. The second-order valence-electron chi connectivity index (χ2n) is 8.50. The number of aromatic nitrogens is 1. The molecule has 7 nitrogen and oxygen atoms in total. The molecule has 4 rings (SSSR count). The Morgan fingerprint density at radius 1 is 1.21 bits per heavy atom. The van der Waals surface area contributed by atoms with Gasteiger partial charge in [-0.1, -0.05) is 6.07 Å². The molecular weight excluding hydrogens is 437 g/mol. The number of benzene rings is 1. The second-order valence-corrected chi connectivity index (χ2v) is 8.50. The summed E-state index contributed by atoms with van der Waals surface area (Å²) in [6.45, 7) is 2.91. The van der Waals surface area contributed by atoms with E-state index in [9.17, 15) is 22.8 Å². The van der Waals surface area contributed by atoms with E-state index >= 15 is 0 Å². The summed E-state index contributed by atoms with van der Waals surface area (Å²) in [5.41, 5.74) is 4.01. The van der Waals surface area contributed by atoms with Gasteiger partial charge in [0.25, 0.3) is 5.56 Å². The minimum Gasteiger partial charge on any atom is -0.496 e. The van der Waals surface area contributed by atoms with Crippen LogP contribution >= 0.6 is 0 Å². The van der Waals surface area contributed by atoms with Gasteiger partial charge in [-0.25, -0.2) is 5.43 Å². The molecule has 1 saturated heterocycles. The molecule has 0 saturated carbocycles. The van der Waals surface area contributed by atoms with Crippen molar-refractivity contribution in [3.05, 3.63) is 63.6 Å². The predicted octanol–water partition coefficient (Wildman–Crippen LogP) is 2.88. The molecule has 2 aromatic rings. The van der Waals surface area contributed by atoms with Crippen LogP contribution < -0.4 is 15.7 Å². The van der Waals surface area contributed by atoms with E-state index in [0.717, 1.165) is 37.2 Å². The highest BCUT2D eigenvalue weighted by molar-refractivity contribution is 5.85. The van der Waals surface area contributed by atoms with E-state index < -0.39 is 12.1 Å². The Kier molecular flexibility index (Phi) is 6.55. The maximum Gasteiger partial charge on any atom is 0.473 e. The zero-order valence-corrected chi connectivity index (χ0v) is 18.1. The Hall–Kier alpha value is -3.14. The third kappa shape index (κ3) is 5.27. The maximum absolute atomic E-state index is 12.4. The monoisotopic (exact) mass is 462 g/mol. The van der Waals surface area contributed by atoms with Crippen LogP contribution in [0.1, 0.15) is 35.6 Å². The minimum atomic E-state index is -4.99. The molecule has 1 N–H and O–H groups in total. The van der Waals surface area contributed by atoms with Gasteiger partial charge in [-0.05, 0) is 48.6 Å². The summed E-state index contributed by atoms with van der Waals surface area (Å²) in [6.07, 6.45) is -1.75. The number of nitrogens with zero attached hydrogens (tertiary/aromatic N) is 3. The number of halogens is 3. The molecule has 1 aromatic carbocycles. The molecule has 0 unspecified atom stereocenters. The Labute approximate surface area is 188 Å². The molecule has 0 spiro atoms. The highest BCUT2D eigenvalue weighted by Gasteiger charge is 2.38. The summed E-state index contributed by atoms with van der Waals surface area (Å²) in [5, 5.41) is 3.41. The topological polar surface area (TPSA) is 75.9 Å². The number of fused-ring (bicyclic) bond motifs is 5. The Bertz CT molecular complexity index is 1110. The standard InChI is InChI=1S/C23H25F3N4O3/c1-33-20-8-6-15(10-27-28-22(32)23(24,25)26)9-18(20)14-29-11-16-5-7-17(13-29)19-3-2-4-21(31)30(19)12-16/h2-4,6,8-10,16-17H,5,7,11-14H2,1H3,(H,28,32)/b27-10-/t16-,17-/m0/s1. The molecule has 2 aliphatic heterocycles. The predicted molar refractivity (Wildman–Crippen MR) is 116 cm³/mol. The smallest absolute Gasteiger partial charge is 0.473 e. The van der Waals surface area contributed by atoms with Gasteiger partial charge in [0.1, 0.15) is 5.75 Å². The fourth-order valence-corrected chi connectivity index (χ4v) is 4.71. The zero-order chi connectivity index (χ0) is 23.6. The summed E-state index contributed by atoms with van der Waals surface area (Å²) in [4.78, 5) is 25.6. The molecule has 1 fully saturated rings. The van der Waals surface area contributed by atoms with Crippen LogP contribution in [0.3, 0.4) is 0 Å². The number of hydrazone groups is 1. The van der Waals surface area contributed by atoms with E-state index in [-0.39, 0.29) is 11.5 Å². The van der Waals surface area contributed by atoms with E-state index in [1.165, 1.54) is 11.6 Å². The van der Waals surface area contributed by atoms with Crippen LogP contribution in [0.5, 0.6) is 5.75 Å². The van der Waals surface area contributed by atoms with Crippen LogP contribution in [0.15, 0.2) is 46.3 Å². The molecule has 176 valence electrons. The van der Waals surface area contributed by atoms with Crippen molar-refractivity contribution in [3.63, 3.8) is 0 Å². The van der Waals surface area contributed by atoms with Crippen molar-refractivity contribution < 1.29 is 22.7 Å². The van der Waals surface area contributed by atoms with Gasteiger partial charge in [0.15, 0.2) is 0 Å². The van der Waals surface area contributed by atoms with Crippen molar-refractivity contribution in [2.45, 2.75) is 38.0 Å². The van der Waals surface area contributed by atoms with Crippen LogP contribution in [-0.2, 0) is 17.9 Å². The van der Waals surface area contributed by atoms with E-state index in [2.05, 4.69) is 10.0 Å². The first kappa shape index (κ1) is 23.0. The molecule has 2 atom stereocenters. The molecule has 0 radical (unpaired) electrons. The van der Waals surface area contributed by atoms with Crippen LogP contribution in [0.4, 0.5) is 13.2 Å². The highest BCUT2D eigenvalue weighted by Crippen LogP contribution is 2.34. The van der Waals surface area contributed by atoms with Gasteiger partial charge >= 0.3 is 12.1 Å². The SMILES string of the molecule is COc1ccc(/C=N\NC(=O)C(F)(F)F)cc1CN1C[C@@H]2CC[C@@H](C1)c1cccc(=O)n1C2. The third-order valence-corrected chi connectivity index (χ3v) is 6.20. The number of likely N-dealkylation sites (tertiary alicyclic amines) is 1. The number of hydrogen-bond acceptors (Lipinski definition) is 5. The molecule has 3 heterocycles. The summed E-state index contributed by atoms with van der Waals surface area (Å²) in [6, 6.07) is 10.6. The molecule has 1 amide bonds. The van der Waals surface area contributed by atoms with Crippen molar-refractivity contribution in [2.24, 2.45) is 11.0 Å². The number of rotatable bonds is 5. The quantitative estimate of drug-likeness (QED) is 0.548. The first-order valence-corrected chi connectivity index (χ1v) is 10.7. The molecule has 2 aliphatic rings. The van der Waals surface area contributed by atoms with Gasteiger partial charge in [0.2, 0.25) is 0 Å². The second kappa shape index (κ2) is 9.38. The number of carbonyl (C=O) groups is 1. The van der Waals surface area contributed by atoms with Crippen molar-refractivity contribution in [3.8, 4) is 5.75 Å². The van der Waals surface area contributed by atoms with Gasteiger partial charge in [-0.3, -0.25) is 14.5 Å². The molecular formula is C23H25F3N4O3. The zero-order valence-electron chi connectivity index (χ0n) is 18.1. The molecule has 0 aliphatic carbocycles. The van der Waals surface area contributed by atoms with E-state index in [0.29, 0.717) is 30.3 Å². The highest BCUT2D eigenvalue weighted by atomic mass is 19.4. The number of methoxy groups -OCH3 is 1. The van der Waals surface area contributed by atoms with Crippen molar-refractivity contribution in [2.75, 3.05) is 20.2 Å². The van der Waals surface area contributed by atoms with Crippen LogP contribution in [0.25, 0.3) is 0 Å². The lowest BCUT2D eigenvalue weighted by Crippen LogP contribution is -2.37. The lowest BCUT2D eigenvalue weighted by Gasteiger charge is -2.31. The average molecular weight is 462 g/mol. The average Bonchev–Trinajstić information content (AvgIpc) is 3.06. The number of amides is 1. The number of hydrogen-bond donors (Lipinski definition) is 1. The van der Waals surface area contributed by atoms with E-state index in [1.54, 1.807) is 31.4 Å². The van der Waals surface area contributed by atoms with Crippen molar-refractivity contribution in [1.29, 1.82) is 0 Å². The normalized spacial score (nSPS) is 20.8. The molecule has 33 heavy (non-hydrogen) atoms. The van der Waals surface area contributed by atoms with E-state index in [4.69, 9.17) is 4.74 Å². The van der Waals surface area contributed by atoms with Crippen LogP contribution in [-0.4, -0.2) is 48.0 Å². The number of alkyl halides is 3. The van der Waals surface area contributed by atoms with Crippen LogP contribution in [0.2, 0.25) is 0 Å². The summed E-state index contributed by atoms with van der Waals surface area (Å²) < 4.78 is 44.4. The van der Waals surface area contributed by atoms with Gasteiger partial charge in [-0.15, -0.1) is 0 Å². The van der Waals surface area contributed by atoms with E-state index in [1.807, 2.05) is 16.7 Å². The molecule has 2 bridgehead atoms. The third-order valence-electron chi connectivity index (χ3n) is 6.20. The van der Waals surface area contributed by atoms with Gasteiger partial charge in [0, 0.05) is 49.4 Å². The lowest BCUT2D eigenvalue weighted by molar-refractivity contribution is -0.173. The first-order valence-electron chi connectivity index (χ1n) is 10.7. The fraction of sp³-hybridized carbons (Fsp3) is 0.435. The van der Waals surface area contributed by atoms with Gasteiger partial charge < -0.3 is 9.30 Å². The number of pyridine rings is 1. The summed E-state index contributed by atoms with van der Waals surface area (Å²) in [5.74, 6) is -0.857. The summed E-state index contributed by atoms with van der Waals surface area (Å²) in [7, 11) is 1.57. The van der Waals surface area contributed by atoms with Gasteiger partial charge in [0.05, 0.1) is 13.3 Å². The summed E-state index contributed by atoms with van der Waals surface area (Å²) >= 11 is 0. The van der Waals surface area contributed by atoms with Crippen LogP contribution in [0, 0.1) is 5.92 Å². The fourth-order valence-electron chi connectivity index (χ4n) is 4.71. The number of carbonyl (C=O) groups excluding carboxylic acids is 1. The molecule has 1 aromatic heterocycles. The largest absolute Gasteiger partial charge is 0.496 e. The Morgan fingerprint density at radius 2 is 2.03 bits per heavy atom. The maximum atomic E-state index is 12.4. The Morgan fingerprint density at radius 3 is 2.79 bits per heavy atom. The minimum absolute atomic E-state index is 0.0455. The number of nitrogens with one attached hydrogen (secondary N) is 1. The van der Waals surface area contributed by atoms with Crippen molar-refractivity contribution in [1.82, 2.24) is 14.9 Å². The Balaban J connectivity index is 1.52. The number of ether oxygens (including phenoxy) is 1. The lowest BCUT2D eigenvalue weighted by atomic mass is 9.98.